The van der Waals surface area contributed by atoms with E-state index in [0.29, 0.717) is 28.8 Å². The van der Waals surface area contributed by atoms with Gasteiger partial charge in [-0.1, -0.05) is 0 Å². The minimum absolute atomic E-state index is 0.0262. The fourth-order valence-electron chi connectivity index (χ4n) is 3.58. The van der Waals surface area contributed by atoms with Gasteiger partial charge < -0.3 is 4.90 Å². The van der Waals surface area contributed by atoms with Crippen LogP contribution in [0.3, 0.4) is 0 Å². The van der Waals surface area contributed by atoms with E-state index in [1.165, 1.54) is 12.4 Å². The van der Waals surface area contributed by atoms with Gasteiger partial charge in [0.1, 0.15) is 17.1 Å². The number of nitrogens with zero attached hydrogens (tertiary/aromatic N) is 6. The molecule has 27 heavy (non-hydrogen) atoms. The number of nitriles is 1. The SMILES string of the molecule is N#Cc1ccc(N2CC(n3cccn3)CC(C(F)(F)F)C2)c2nccnc12. The first kappa shape index (κ1) is 17.3. The van der Waals surface area contributed by atoms with Gasteiger partial charge in [0.05, 0.1) is 23.2 Å². The van der Waals surface area contributed by atoms with Crippen molar-refractivity contribution in [1.29, 1.82) is 5.26 Å². The van der Waals surface area contributed by atoms with Crippen molar-refractivity contribution in [1.82, 2.24) is 19.7 Å². The average molecular weight is 372 g/mol. The van der Waals surface area contributed by atoms with E-state index in [-0.39, 0.29) is 13.0 Å². The van der Waals surface area contributed by atoms with E-state index in [9.17, 15) is 18.4 Å². The highest BCUT2D eigenvalue weighted by Gasteiger charge is 2.45. The van der Waals surface area contributed by atoms with Crippen LogP contribution < -0.4 is 4.90 Å². The van der Waals surface area contributed by atoms with Gasteiger partial charge in [-0.05, 0) is 24.6 Å². The maximum atomic E-state index is 13.6. The quantitative estimate of drug-likeness (QED) is 0.690. The molecule has 0 aliphatic carbocycles. The third kappa shape index (κ3) is 3.18. The predicted octanol–water partition coefficient (Wildman–Crippen LogP) is 3.33. The number of hydrogen-bond donors (Lipinski definition) is 0. The van der Waals surface area contributed by atoms with Gasteiger partial charge in [0.15, 0.2) is 0 Å². The van der Waals surface area contributed by atoms with E-state index in [0.717, 1.165) is 0 Å². The molecule has 1 aliphatic rings. The van der Waals surface area contributed by atoms with Crippen LogP contribution in [-0.4, -0.2) is 39.0 Å². The molecule has 4 rings (SSSR count). The van der Waals surface area contributed by atoms with Gasteiger partial charge in [-0.2, -0.15) is 23.5 Å². The topological polar surface area (TPSA) is 70.6 Å². The second kappa shape index (κ2) is 6.54. The Morgan fingerprint density at radius 3 is 2.52 bits per heavy atom. The molecule has 1 fully saturated rings. The number of benzene rings is 1. The molecule has 0 radical (unpaired) electrons. The first-order valence-electron chi connectivity index (χ1n) is 8.42. The Kier molecular flexibility index (Phi) is 4.18. The number of fused-ring (bicyclic) bond motifs is 1. The molecule has 0 saturated carbocycles. The molecule has 0 spiro atoms. The van der Waals surface area contributed by atoms with Crippen LogP contribution in [-0.2, 0) is 0 Å². The smallest absolute Gasteiger partial charge is 0.367 e. The molecule has 1 aliphatic heterocycles. The predicted molar refractivity (Wildman–Crippen MR) is 91.9 cm³/mol. The van der Waals surface area contributed by atoms with Crippen molar-refractivity contribution >= 4 is 16.7 Å². The van der Waals surface area contributed by atoms with Gasteiger partial charge in [-0.25, -0.2) is 0 Å². The lowest BCUT2D eigenvalue weighted by Crippen LogP contribution is -2.46. The minimum atomic E-state index is -4.31. The molecule has 138 valence electrons. The van der Waals surface area contributed by atoms with E-state index in [1.54, 1.807) is 40.2 Å². The van der Waals surface area contributed by atoms with Gasteiger partial charge >= 0.3 is 6.18 Å². The molecule has 6 nitrogen and oxygen atoms in total. The van der Waals surface area contributed by atoms with E-state index >= 15 is 0 Å². The lowest BCUT2D eigenvalue weighted by molar-refractivity contribution is -0.179. The summed E-state index contributed by atoms with van der Waals surface area (Å²) in [6, 6.07) is 6.56. The highest BCUT2D eigenvalue weighted by molar-refractivity contribution is 5.92. The summed E-state index contributed by atoms with van der Waals surface area (Å²) in [6.45, 7) is 0.199. The Morgan fingerprint density at radius 1 is 1.07 bits per heavy atom. The molecule has 2 aromatic heterocycles. The summed E-state index contributed by atoms with van der Waals surface area (Å²) >= 11 is 0. The van der Waals surface area contributed by atoms with Crippen LogP contribution in [0.5, 0.6) is 0 Å². The molecule has 2 unspecified atom stereocenters. The Morgan fingerprint density at radius 2 is 1.85 bits per heavy atom. The Labute approximate surface area is 152 Å². The molecular formula is C18H15F3N6. The standard InChI is InChI=1S/C18H15F3N6/c19-18(20,21)13-8-14(27-7-1-4-25-27)11-26(10-13)15-3-2-12(9-22)16-17(15)24-6-5-23-16/h1-7,13-14H,8,10-11H2. The van der Waals surface area contributed by atoms with Crippen LogP contribution in [0, 0.1) is 17.2 Å². The van der Waals surface area contributed by atoms with Crippen LogP contribution in [0.25, 0.3) is 11.0 Å². The molecule has 0 N–H and O–H groups in total. The summed E-state index contributed by atoms with van der Waals surface area (Å²) in [4.78, 5) is 10.1. The van der Waals surface area contributed by atoms with Gasteiger partial charge in [0.2, 0.25) is 0 Å². The lowest BCUT2D eigenvalue weighted by Gasteiger charge is -2.40. The normalized spacial score (nSPS) is 20.6. The van der Waals surface area contributed by atoms with Crippen LogP contribution in [0.1, 0.15) is 18.0 Å². The van der Waals surface area contributed by atoms with Crippen molar-refractivity contribution in [2.75, 3.05) is 18.0 Å². The Bertz CT molecular complexity index is 992. The maximum absolute atomic E-state index is 13.6. The number of alkyl halides is 3. The molecule has 0 amide bonds. The fraction of sp³-hybridized carbons (Fsp3) is 0.333. The van der Waals surface area contributed by atoms with E-state index < -0.39 is 18.1 Å². The average Bonchev–Trinajstić information content (AvgIpc) is 3.21. The third-order valence-corrected chi connectivity index (χ3v) is 4.86. The van der Waals surface area contributed by atoms with Gasteiger partial charge in [-0.15, -0.1) is 0 Å². The minimum Gasteiger partial charge on any atom is -0.367 e. The molecule has 1 aromatic carbocycles. The highest BCUT2D eigenvalue weighted by Crippen LogP contribution is 2.39. The second-order valence-corrected chi connectivity index (χ2v) is 6.52. The second-order valence-electron chi connectivity index (χ2n) is 6.52. The maximum Gasteiger partial charge on any atom is 0.393 e. The molecule has 3 heterocycles. The summed E-state index contributed by atoms with van der Waals surface area (Å²) in [5, 5.41) is 13.4. The van der Waals surface area contributed by atoms with Crippen LogP contribution >= 0.6 is 0 Å². The largest absolute Gasteiger partial charge is 0.393 e. The lowest BCUT2D eigenvalue weighted by atomic mass is 9.93. The zero-order chi connectivity index (χ0) is 19.0. The number of piperidine rings is 1. The monoisotopic (exact) mass is 372 g/mol. The van der Waals surface area contributed by atoms with Crippen LogP contribution in [0.4, 0.5) is 18.9 Å². The van der Waals surface area contributed by atoms with Gasteiger partial charge in [-0.3, -0.25) is 14.6 Å². The zero-order valence-electron chi connectivity index (χ0n) is 14.1. The zero-order valence-corrected chi connectivity index (χ0v) is 14.1. The molecule has 1 saturated heterocycles. The highest BCUT2D eigenvalue weighted by atomic mass is 19.4. The summed E-state index contributed by atoms with van der Waals surface area (Å²) in [5.74, 6) is -1.48. The number of aromatic nitrogens is 4. The number of anilines is 1. The van der Waals surface area contributed by atoms with Gasteiger partial charge in [0, 0.05) is 37.9 Å². The van der Waals surface area contributed by atoms with Gasteiger partial charge in [0.25, 0.3) is 0 Å². The van der Waals surface area contributed by atoms with Crippen LogP contribution in [0.15, 0.2) is 43.0 Å². The number of hydrogen-bond acceptors (Lipinski definition) is 5. The molecule has 0 bridgehead atoms. The van der Waals surface area contributed by atoms with Crippen molar-refractivity contribution in [2.45, 2.75) is 18.6 Å². The number of rotatable bonds is 2. The van der Waals surface area contributed by atoms with E-state index in [1.807, 2.05) is 6.07 Å². The van der Waals surface area contributed by atoms with Crippen molar-refractivity contribution < 1.29 is 13.2 Å². The molecule has 3 aromatic rings. The summed E-state index contributed by atoms with van der Waals surface area (Å²) in [5.41, 5.74) is 1.71. The third-order valence-electron chi connectivity index (χ3n) is 4.86. The summed E-state index contributed by atoms with van der Waals surface area (Å²) in [7, 11) is 0. The first-order valence-corrected chi connectivity index (χ1v) is 8.42. The van der Waals surface area contributed by atoms with Crippen molar-refractivity contribution in [3.8, 4) is 6.07 Å². The molecule has 9 heteroatoms. The first-order chi connectivity index (χ1) is 13.0. The number of halogens is 3. The summed E-state index contributed by atoms with van der Waals surface area (Å²) in [6.07, 6.45) is 1.85. The van der Waals surface area contributed by atoms with Crippen molar-refractivity contribution in [2.24, 2.45) is 5.92 Å². The molecule has 2 atom stereocenters. The van der Waals surface area contributed by atoms with Crippen LogP contribution in [0.2, 0.25) is 0 Å². The fourth-order valence-corrected chi connectivity index (χ4v) is 3.58. The molecular weight excluding hydrogens is 357 g/mol. The van der Waals surface area contributed by atoms with E-state index in [2.05, 4.69) is 15.1 Å². The van der Waals surface area contributed by atoms with Crippen molar-refractivity contribution in [3.63, 3.8) is 0 Å². The van der Waals surface area contributed by atoms with E-state index in [4.69, 9.17) is 0 Å². The Hall–Kier alpha value is -3.15. The summed E-state index contributed by atoms with van der Waals surface area (Å²) < 4.78 is 42.2. The van der Waals surface area contributed by atoms with Crippen molar-refractivity contribution in [3.05, 3.63) is 48.5 Å². The Balaban J connectivity index is 1.78.